The Hall–Kier alpha value is -2.09. The summed E-state index contributed by atoms with van der Waals surface area (Å²) in [6, 6.07) is 6.13. The Balaban J connectivity index is 2.82. The standard InChI is InChI=1S/C11H15N3O4S/c1-7(19(2,17)18)11(15)13-9-5-3-8(4-6-9)10(12)14-16/h3-7,16H,1-2H3,(H2,12,14)(H,13,15). The van der Waals surface area contributed by atoms with Gasteiger partial charge in [-0.15, -0.1) is 0 Å². The van der Waals surface area contributed by atoms with Crippen LogP contribution in [0.25, 0.3) is 0 Å². The van der Waals surface area contributed by atoms with Crippen LogP contribution in [0.4, 0.5) is 5.69 Å². The van der Waals surface area contributed by atoms with Crippen molar-refractivity contribution in [2.24, 2.45) is 10.9 Å². The van der Waals surface area contributed by atoms with Crippen LogP contribution in [0.1, 0.15) is 12.5 Å². The van der Waals surface area contributed by atoms with Gasteiger partial charge in [0.25, 0.3) is 0 Å². The van der Waals surface area contributed by atoms with Crippen LogP contribution in [0.3, 0.4) is 0 Å². The summed E-state index contributed by atoms with van der Waals surface area (Å²) in [6.45, 7) is 1.31. The van der Waals surface area contributed by atoms with Crippen molar-refractivity contribution in [3.63, 3.8) is 0 Å². The summed E-state index contributed by atoms with van der Waals surface area (Å²) in [5, 5.41) is 12.7. The molecule has 0 aromatic heterocycles. The largest absolute Gasteiger partial charge is 0.409 e. The minimum absolute atomic E-state index is 0.0534. The third-order valence-corrected chi connectivity index (χ3v) is 4.07. The van der Waals surface area contributed by atoms with Gasteiger partial charge in [-0.05, 0) is 31.2 Å². The molecule has 0 radical (unpaired) electrons. The van der Waals surface area contributed by atoms with Gasteiger partial charge in [-0.1, -0.05) is 5.16 Å². The fourth-order valence-electron chi connectivity index (χ4n) is 1.22. The second-order valence-electron chi connectivity index (χ2n) is 4.02. The molecule has 1 rings (SSSR count). The zero-order chi connectivity index (χ0) is 14.6. The third-order valence-electron chi connectivity index (χ3n) is 2.57. The Kier molecular flexibility index (Phi) is 4.49. The third kappa shape index (κ3) is 3.95. The van der Waals surface area contributed by atoms with E-state index in [1.165, 1.54) is 31.2 Å². The lowest BCUT2D eigenvalue weighted by atomic mass is 10.2. The molecule has 0 fully saturated rings. The Bertz CT molecular complexity index is 593. The number of rotatable bonds is 4. The second kappa shape index (κ2) is 5.70. The molecule has 0 heterocycles. The van der Waals surface area contributed by atoms with Crippen LogP contribution < -0.4 is 11.1 Å². The molecule has 0 aliphatic rings. The molecule has 8 heteroatoms. The van der Waals surface area contributed by atoms with E-state index in [0.717, 1.165) is 6.26 Å². The van der Waals surface area contributed by atoms with Crippen LogP contribution in [-0.2, 0) is 14.6 Å². The summed E-state index contributed by atoms with van der Waals surface area (Å²) < 4.78 is 22.4. The number of sulfone groups is 1. The molecule has 0 aliphatic carbocycles. The van der Waals surface area contributed by atoms with Crippen molar-refractivity contribution < 1.29 is 18.4 Å². The smallest absolute Gasteiger partial charge is 0.242 e. The number of hydrogen-bond acceptors (Lipinski definition) is 5. The van der Waals surface area contributed by atoms with Crippen LogP contribution >= 0.6 is 0 Å². The maximum atomic E-state index is 11.7. The quantitative estimate of drug-likeness (QED) is 0.314. The highest BCUT2D eigenvalue weighted by molar-refractivity contribution is 7.92. The fourth-order valence-corrected chi connectivity index (χ4v) is 1.67. The normalized spacial score (nSPS) is 13.9. The zero-order valence-corrected chi connectivity index (χ0v) is 11.3. The number of nitrogens with two attached hydrogens (primary N) is 1. The fraction of sp³-hybridized carbons (Fsp3) is 0.273. The van der Waals surface area contributed by atoms with E-state index < -0.39 is 21.0 Å². The predicted molar refractivity (Wildman–Crippen MR) is 71.9 cm³/mol. The van der Waals surface area contributed by atoms with Gasteiger partial charge in [0.1, 0.15) is 5.25 Å². The van der Waals surface area contributed by atoms with Gasteiger partial charge in [0.15, 0.2) is 15.7 Å². The number of amides is 1. The van der Waals surface area contributed by atoms with Gasteiger partial charge >= 0.3 is 0 Å². The molecule has 0 spiro atoms. The average molecular weight is 285 g/mol. The Labute approximate surface area is 111 Å². The first-order valence-electron chi connectivity index (χ1n) is 5.33. The van der Waals surface area contributed by atoms with Crippen LogP contribution in [-0.4, -0.2) is 36.9 Å². The molecule has 1 amide bonds. The van der Waals surface area contributed by atoms with E-state index in [4.69, 9.17) is 10.9 Å². The van der Waals surface area contributed by atoms with Crippen LogP contribution in [0.15, 0.2) is 29.4 Å². The van der Waals surface area contributed by atoms with Crippen LogP contribution in [0.2, 0.25) is 0 Å². The highest BCUT2D eigenvalue weighted by Crippen LogP contribution is 2.11. The topological polar surface area (TPSA) is 122 Å². The summed E-state index contributed by atoms with van der Waals surface area (Å²) in [6.07, 6.45) is 0.999. The van der Waals surface area contributed by atoms with Gasteiger partial charge in [0, 0.05) is 17.5 Å². The highest BCUT2D eigenvalue weighted by Gasteiger charge is 2.23. The lowest BCUT2D eigenvalue weighted by Crippen LogP contribution is -2.31. The van der Waals surface area contributed by atoms with Crippen molar-refractivity contribution in [3.05, 3.63) is 29.8 Å². The van der Waals surface area contributed by atoms with E-state index in [2.05, 4.69) is 10.5 Å². The number of hydrogen-bond donors (Lipinski definition) is 3. The van der Waals surface area contributed by atoms with Crippen molar-refractivity contribution in [1.82, 2.24) is 0 Å². The van der Waals surface area contributed by atoms with Gasteiger partial charge in [0.2, 0.25) is 5.91 Å². The van der Waals surface area contributed by atoms with E-state index in [0.29, 0.717) is 11.3 Å². The van der Waals surface area contributed by atoms with Gasteiger partial charge in [0.05, 0.1) is 0 Å². The molecule has 104 valence electrons. The lowest BCUT2D eigenvalue weighted by molar-refractivity contribution is -0.115. The molecule has 0 aliphatic heterocycles. The highest BCUT2D eigenvalue weighted by atomic mass is 32.2. The van der Waals surface area contributed by atoms with Gasteiger partial charge in [-0.2, -0.15) is 0 Å². The molecule has 0 saturated heterocycles. The number of amidine groups is 1. The summed E-state index contributed by atoms with van der Waals surface area (Å²) in [5.74, 6) is -0.665. The van der Waals surface area contributed by atoms with E-state index in [1.807, 2.05) is 0 Å². The first-order valence-corrected chi connectivity index (χ1v) is 7.29. The number of carbonyl (C=O) groups is 1. The van der Waals surface area contributed by atoms with Crippen molar-refractivity contribution in [2.45, 2.75) is 12.2 Å². The average Bonchev–Trinajstić information content (AvgIpc) is 2.36. The molecule has 0 bridgehead atoms. The number of benzene rings is 1. The predicted octanol–water partition coefficient (Wildman–Crippen LogP) is 0.153. The SMILES string of the molecule is CC(C(=O)Nc1ccc(/C(N)=N/O)cc1)S(C)(=O)=O. The van der Waals surface area contributed by atoms with Gasteiger partial charge in [-0.3, -0.25) is 4.79 Å². The lowest BCUT2D eigenvalue weighted by Gasteiger charge is -2.10. The maximum Gasteiger partial charge on any atom is 0.242 e. The Morgan fingerprint density at radius 2 is 1.89 bits per heavy atom. The zero-order valence-electron chi connectivity index (χ0n) is 10.5. The molecule has 1 unspecified atom stereocenters. The van der Waals surface area contributed by atoms with Crippen LogP contribution in [0.5, 0.6) is 0 Å². The molecular weight excluding hydrogens is 270 g/mol. The van der Waals surface area contributed by atoms with E-state index >= 15 is 0 Å². The maximum absolute atomic E-state index is 11.7. The number of anilines is 1. The van der Waals surface area contributed by atoms with E-state index in [-0.39, 0.29) is 5.84 Å². The number of nitrogens with zero attached hydrogens (tertiary/aromatic N) is 1. The van der Waals surface area contributed by atoms with Gasteiger partial charge < -0.3 is 16.3 Å². The second-order valence-corrected chi connectivity index (χ2v) is 6.39. The Morgan fingerprint density at radius 3 is 2.32 bits per heavy atom. The summed E-state index contributed by atoms with van der Waals surface area (Å²) in [4.78, 5) is 11.7. The minimum Gasteiger partial charge on any atom is -0.409 e. The summed E-state index contributed by atoms with van der Waals surface area (Å²) >= 11 is 0. The molecule has 19 heavy (non-hydrogen) atoms. The first-order chi connectivity index (χ1) is 8.75. The van der Waals surface area contributed by atoms with Crippen molar-refractivity contribution in [2.75, 3.05) is 11.6 Å². The van der Waals surface area contributed by atoms with Gasteiger partial charge in [-0.25, -0.2) is 8.42 Å². The van der Waals surface area contributed by atoms with Crippen molar-refractivity contribution >= 4 is 27.3 Å². The van der Waals surface area contributed by atoms with E-state index in [1.54, 1.807) is 0 Å². The van der Waals surface area contributed by atoms with Crippen molar-refractivity contribution in [3.8, 4) is 0 Å². The molecule has 0 saturated carbocycles. The summed E-state index contributed by atoms with van der Waals surface area (Å²) in [7, 11) is -3.43. The minimum atomic E-state index is -3.43. The van der Waals surface area contributed by atoms with E-state index in [9.17, 15) is 13.2 Å². The molecule has 7 nitrogen and oxygen atoms in total. The molecule has 1 aromatic rings. The molecular formula is C11H15N3O4S. The monoisotopic (exact) mass is 285 g/mol. The molecule has 1 aromatic carbocycles. The molecule has 1 atom stereocenters. The molecule has 4 N–H and O–H groups in total. The summed E-state index contributed by atoms with van der Waals surface area (Å²) in [5.41, 5.74) is 6.29. The first kappa shape index (κ1) is 15.0. The Morgan fingerprint density at radius 1 is 1.37 bits per heavy atom. The van der Waals surface area contributed by atoms with Crippen LogP contribution in [0, 0.1) is 0 Å². The number of nitrogens with one attached hydrogen (secondary N) is 1. The number of carbonyl (C=O) groups excluding carboxylic acids is 1. The van der Waals surface area contributed by atoms with Crippen molar-refractivity contribution in [1.29, 1.82) is 0 Å². The number of oxime groups is 1.